The summed E-state index contributed by atoms with van der Waals surface area (Å²) in [5.74, 6) is -3.04. The molecule has 1 saturated heterocycles. The van der Waals surface area contributed by atoms with E-state index in [2.05, 4.69) is 4.98 Å². The fourth-order valence-corrected chi connectivity index (χ4v) is 3.56. The Hall–Kier alpha value is -4.33. The lowest BCUT2D eigenvalue weighted by atomic mass is 9.94. The first-order chi connectivity index (χ1) is 15.4. The van der Waals surface area contributed by atoms with Crippen molar-refractivity contribution in [1.29, 1.82) is 0 Å². The predicted octanol–water partition coefficient (Wildman–Crippen LogP) is 3.63. The van der Waals surface area contributed by atoms with E-state index >= 15 is 0 Å². The van der Waals surface area contributed by atoms with Crippen LogP contribution in [0.25, 0.3) is 5.76 Å². The molecule has 0 bridgehead atoms. The maximum absolute atomic E-state index is 13.4. The van der Waals surface area contributed by atoms with E-state index in [1.165, 1.54) is 42.5 Å². The Morgan fingerprint density at radius 3 is 2.25 bits per heavy atom. The van der Waals surface area contributed by atoms with Crippen LogP contribution >= 0.6 is 0 Å². The topological polar surface area (TPSA) is 96.8 Å². The van der Waals surface area contributed by atoms with Crippen molar-refractivity contribution in [3.05, 3.63) is 101 Å². The molecule has 0 radical (unpaired) electrons. The molecule has 1 aromatic heterocycles. The van der Waals surface area contributed by atoms with Crippen molar-refractivity contribution in [1.82, 2.24) is 4.98 Å². The van der Waals surface area contributed by atoms with Gasteiger partial charge in [0, 0.05) is 11.8 Å². The van der Waals surface area contributed by atoms with Crippen molar-refractivity contribution in [3.63, 3.8) is 0 Å². The quantitative estimate of drug-likeness (QED) is 0.293. The van der Waals surface area contributed by atoms with Crippen molar-refractivity contribution >= 4 is 29.2 Å². The summed E-state index contributed by atoms with van der Waals surface area (Å²) in [7, 11) is 1.26. The molecule has 8 heteroatoms. The molecule has 0 aliphatic carbocycles. The number of rotatable bonds is 4. The minimum Gasteiger partial charge on any atom is -0.507 e. The first-order valence-corrected chi connectivity index (χ1v) is 9.58. The van der Waals surface area contributed by atoms with Gasteiger partial charge in [-0.3, -0.25) is 14.5 Å². The average molecular weight is 432 g/mol. The summed E-state index contributed by atoms with van der Waals surface area (Å²) in [4.78, 5) is 43.1. The third kappa shape index (κ3) is 3.62. The minimum atomic E-state index is -1.01. The summed E-state index contributed by atoms with van der Waals surface area (Å²) in [6.07, 6.45) is 1.48. The van der Waals surface area contributed by atoms with E-state index in [9.17, 15) is 23.9 Å². The summed E-state index contributed by atoms with van der Waals surface area (Å²) in [5.41, 5.74) is 0.760. The molecule has 3 aromatic rings. The first kappa shape index (κ1) is 20.9. The molecule has 1 atom stereocenters. The molecule has 0 unspecified atom stereocenters. The number of carbonyl (C=O) groups excluding carboxylic acids is 3. The molecular weight excluding hydrogens is 415 g/mol. The zero-order chi connectivity index (χ0) is 22.8. The summed E-state index contributed by atoms with van der Waals surface area (Å²) in [5, 5.41) is 10.9. The number of methoxy groups -OCH3 is 1. The van der Waals surface area contributed by atoms with Crippen LogP contribution in [-0.2, 0) is 14.3 Å². The Bertz CT molecular complexity index is 1220. The maximum Gasteiger partial charge on any atom is 0.337 e. The van der Waals surface area contributed by atoms with Gasteiger partial charge in [0.1, 0.15) is 17.4 Å². The lowest BCUT2D eigenvalue weighted by Gasteiger charge is -2.24. The Labute approximate surface area is 182 Å². The van der Waals surface area contributed by atoms with Crippen molar-refractivity contribution in [2.75, 3.05) is 12.0 Å². The standard InChI is InChI=1S/C24H17FN2O5/c1-32-24(31)16-7-5-14(6-8-16)20-19(21(28)15-9-11-17(25)12-10-15)22(29)23(30)27(20)18-4-2-3-13-26-18/h2-13,20,28H,1H3/t20-/m1/s1. The molecule has 32 heavy (non-hydrogen) atoms. The highest BCUT2D eigenvalue weighted by molar-refractivity contribution is 6.51. The van der Waals surface area contributed by atoms with Gasteiger partial charge in [-0.15, -0.1) is 0 Å². The maximum atomic E-state index is 13.4. The van der Waals surface area contributed by atoms with Gasteiger partial charge in [-0.2, -0.15) is 0 Å². The van der Waals surface area contributed by atoms with Crippen LogP contribution in [0.3, 0.4) is 0 Å². The Morgan fingerprint density at radius 1 is 1.00 bits per heavy atom. The minimum absolute atomic E-state index is 0.168. The van der Waals surface area contributed by atoms with Crippen molar-refractivity contribution in [3.8, 4) is 0 Å². The number of benzene rings is 2. The zero-order valence-electron chi connectivity index (χ0n) is 16.9. The second kappa shape index (κ2) is 8.43. The molecular formula is C24H17FN2O5. The molecule has 160 valence electrons. The number of hydrogen-bond acceptors (Lipinski definition) is 6. The van der Waals surface area contributed by atoms with Crippen molar-refractivity contribution in [2.24, 2.45) is 0 Å². The number of halogens is 1. The van der Waals surface area contributed by atoms with Gasteiger partial charge in [-0.25, -0.2) is 14.2 Å². The molecule has 1 aliphatic rings. The van der Waals surface area contributed by atoms with Crippen LogP contribution in [0.1, 0.15) is 27.5 Å². The number of hydrogen-bond donors (Lipinski definition) is 1. The molecule has 2 heterocycles. The lowest BCUT2D eigenvalue weighted by molar-refractivity contribution is -0.132. The van der Waals surface area contributed by atoms with Crippen LogP contribution in [0.4, 0.5) is 10.2 Å². The summed E-state index contributed by atoms with van der Waals surface area (Å²) in [6, 6.07) is 14.9. The SMILES string of the molecule is COC(=O)c1ccc([C@@H]2C(=C(O)c3ccc(F)cc3)C(=O)C(=O)N2c2ccccn2)cc1. The average Bonchev–Trinajstić information content (AvgIpc) is 3.09. The molecule has 2 aromatic carbocycles. The molecule has 1 N–H and O–H groups in total. The highest BCUT2D eigenvalue weighted by Crippen LogP contribution is 2.41. The second-order valence-corrected chi connectivity index (χ2v) is 6.98. The Balaban J connectivity index is 1.90. The molecule has 7 nitrogen and oxygen atoms in total. The monoisotopic (exact) mass is 432 g/mol. The number of aliphatic hydroxyl groups is 1. The fraction of sp³-hybridized carbons (Fsp3) is 0.0833. The van der Waals surface area contributed by atoms with E-state index in [-0.39, 0.29) is 22.5 Å². The van der Waals surface area contributed by atoms with Crippen LogP contribution in [0, 0.1) is 5.82 Å². The molecule has 1 aliphatic heterocycles. The van der Waals surface area contributed by atoms with Gasteiger partial charge in [-0.05, 0) is 54.1 Å². The van der Waals surface area contributed by atoms with Gasteiger partial charge < -0.3 is 9.84 Å². The van der Waals surface area contributed by atoms with Gasteiger partial charge in [0.05, 0.1) is 24.3 Å². The van der Waals surface area contributed by atoms with Gasteiger partial charge in [0.25, 0.3) is 5.78 Å². The molecule has 4 rings (SSSR count). The number of anilines is 1. The third-order valence-electron chi connectivity index (χ3n) is 5.11. The van der Waals surface area contributed by atoms with Crippen LogP contribution in [0.15, 0.2) is 78.5 Å². The van der Waals surface area contributed by atoms with Crippen molar-refractivity contribution < 1.29 is 28.6 Å². The number of aliphatic hydroxyl groups excluding tert-OH is 1. The van der Waals surface area contributed by atoms with E-state index in [4.69, 9.17) is 4.74 Å². The second-order valence-electron chi connectivity index (χ2n) is 6.98. The fourth-order valence-electron chi connectivity index (χ4n) is 3.56. The number of pyridine rings is 1. The highest BCUT2D eigenvalue weighted by atomic mass is 19.1. The summed E-state index contributed by atoms with van der Waals surface area (Å²) < 4.78 is 18.1. The number of ether oxygens (including phenoxy) is 1. The molecule has 1 amide bonds. The van der Waals surface area contributed by atoms with E-state index < -0.39 is 35.3 Å². The molecule has 1 fully saturated rings. The summed E-state index contributed by atoms with van der Waals surface area (Å²) in [6.45, 7) is 0. The van der Waals surface area contributed by atoms with Gasteiger partial charge in [-0.1, -0.05) is 18.2 Å². The van der Waals surface area contributed by atoms with Crippen LogP contribution in [0.5, 0.6) is 0 Å². The predicted molar refractivity (Wildman–Crippen MR) is 113 cm³/mol. The largest absolute Gasteiger partial charge is 0.507 e. The van der Waals surface area contributed by atoms with E-state index in [1.54, 1.807) is 30.3 Å². The van der Waals surface area contributed by atoms with Crippen LogP contribution in [-0.4, -0.2) is 34.9 Å². The first-order valence-electron chi connectivity index (χ1n) is 9.58. The Morgan fingerprint density at radius 2 is 1.66 bits per heavy atom. The van der Waals surface area contributed by atoms with Crippen molar-refractivity contribution in [2.45, 2.75) is 6.04 Å². The van der Waals surface area contributed by atoms with Gasteiger partial charge >= 0.3 is 11.9 Å². The normalized spacial score (nSPS) is 17.4. The highest BCUT2D eigenvalue weighted by Gasteiger charge is 2.47. The number of carbonyl (C=O) groups is 3. The number of amides is 1. The number of esters is 1. The van der Waals surface area contributed by atoms with Crippen LogP contribution in [0.2, 0.25) is 0 Å². The molecule has 0 saturated carbocycles. The van der Waals surface area contributed by atoms with E-state index in [1.807, 2.05) is 0 Å². The number of aromatic nitrogens is 1. The zero-order valence-corrected chi connectivity index (χ0v) is 16.9. The van der Waals surface area contributed by atoms with E-state index in [0.717, 1.165) is 12.1 Å². The number of nitrogens with zero attached hydrogens (tertiary/aromatic N) is 2. The van der Waals surface area contributed by atoms with Crippen LogP contribution < -0.4 is 4.90 Å². The van der Waals surface area contributed by atoms with E-state index in [0.29, 0.717) is 5.56 Å². The molecule has 0 spiro atoms. The Kier molecular flexibility index (Phi) is 5.51. The number of Topliss-reactive ketones (excluding diaryl/α,β-unsaturated/α-hetero) is 1. The van der Waals surface area contributed by atoms with Gasteiger partial charge in [0.15, 0.2) is 0 Å². The van der Waals surface area contributed by atoms with Gasteiger partial charge in [0.2, 0.25) is 0 Å². The summed E-state index contributed by atoms with van der Waals surface area (Å²) >= 11 is 0. The number of ketones is 1. The smallest absolute Gasteiger partial charge is 0.337 e. The lowest BCUT2D eigenvalue weighted by Crippen LogP contribution is -2.30. The third-order valence-corrected chi connectivity index (χ3v) is 5.11.